The number of hydrogen-bond acceptors (Lipinski definition) is 2. The molecule has 0 heterocycles. The van der Waals surface area contributed by atoms with E-state index in [1.54, 1.807) is 0 Å². The van der Waals surface area contributed by atoms with Gasteiger partial charge in [-0.05, 0) is 24.7 Å². The average molecular weight is 181 g/mol. The van der Waals surface area contributed by atoms with Crippen molar-refractivity contribution >= 4 is 5.91 Å². The van der Waals surface area contributed by atoms with Gasteiger partial charge in [0.25, 0.3) is 0 Å². The fourth-order valence-electron chi connectivity index (χ4n) is 2.39. The van der Waals surface area contributed by atoms with Crippen molar-refractivity contribution < 1.29 is 9.90 Å². The van der Waals surface area contributed by atoms with Crippen molar-refractivity contribution in [3.63, 3.8) is 0 Å². The SMILES string of the molecule is O=C(NCCO)[C@@H]1C[C@H]2C=C[C@@H]1C2. The van der Waals surface area contributed by atoms with Gasteiger partial charge in [-0.15, -0.1) is 0 Å². The highest BCUT2D eigenvalue weighted by atomic mass is 16.3. The van der Waals surface area contributed by atoms with Crippen LogP contribution >= 0.6 is 0 Å². The lowest BCUT2D eigenvalue weighted by molar-refractivity contribution is -0.125. The van der Waals surface area contributed by atoms with Crippen LogP contribution in [0.15, 0.2) is 12.2 Å². The first-order chi connectivity index (χ1) is 6.31. The minimum absolute atomic E-state index is 0.0302. The van der Waals surface area contributed by atoms with E-state index in [4.69, 9.17) is 5.11 Å². The predicted molar refractivity (Wildman–Crippen MR) is 48.9 cm³/mol. The topological polar surface area (TPSA) is 49.3 Å². The minimum Gasteiger partial charge on any atom is -0.395 e. The number of nitrogens with one attached hydrogen (secondary N) is 1. The van der Waals surface area contributed by atoms with Crippen LogP contribution in [-0.2, 0) is 4.79 Å². The zero-order chi connectivity index (χ0) is 9.26. The van der Waals surface area contributed by atoms with E-state index in [0.29, 0.717) is 18.4 Å². The second-order valence-corrected chi connectivity index (χ2v) is 3.90. The molecule has 1 amide bonds. The number of carbonyl (C=O) groups is 1. The van der Waals surface area contributed by atoms with E-state index in [-0.39, 0.29) is 18.4 Å². The van der Waals surface area contributed by atoms with Gasteiger partial charge < -0.3 is 10.4 Å². The molecule has 1 saturated carbocycles. The third-order valence-corrected chi connectivity index (χ3v) is 3.03. The van der Waals surface area contributed by atoms with Gasteiger partial charge in [-0.2, -0.15) is 0 Å². The number of aliphatic hydroxyl groups excluding tert-OH is 1. The van der Waals surface area contributed by atoms with Gasteiger partial charge in [0.1, 0.15) is 0 Å². The number of aliphatic hydroxyl groups is 1. The zero-order valence-corrected chi connectivity index (χ0v) is 7.57. The average Bonchev–Trinajstić information content (AvgIpc) is 2.74. The Morgan fingerprint density at radius 2 is 2.31 bits per heavy atom. The Bertz CT molecular complexity index is 237. The normalized spacial score (nSPS) is 35.3. The van der Waals surface area contributed by atoms with Gasteiger partial charge in [0, 0.05) is 12.5 Å². The Kier molecular flexibility index (Phi) is 2.36. The Morgan fingerprint density at radius 1 is 1.46 bits per heavy atom. The molecule has 3 atom stereocenters. The zero-order valence-electron chi connectivity index (χ0n) is 7.57. The molecule has 0 aromatic carbocycles. The van der Waals surface area contributed by atoms with Crippen LogP contribution in [0.4, 0.5) is 0 Å². The van der Waals surface area contributed by atoms with E-state index in [2.05, 4.69) is 17.5 Å². The predicted octanol–water partition coefficient (Wildman–Crippen LogP) is 0.307. The molecule has 72 valence electrons. The molecule has 3 nitrogen and oxygen atoms in total. The summed E-state index contributed by atoms with van der Waals surface area (Å²) >= 11 is 0. The molecule has 0 unspecified atom stereocenters. The third-order valence-electron chi connectivity index (χ3n) is 3.03. The van der Waals surface area contributed by atoms with Crippen molar-refractivity contribution in [1.82, 2.24) is 5.32 Å². The standard InChI is InChI=1S/C10H15NO2/c12-4-3-11-10(13)9-6-7-1-2-8(9)5-7/h1-2,7-9,12H,3-6H2,(H,11,13)/t7-,8+,9+/m0/s1. The van der Waals surface area contributed by atoms with E-state index in [1.807, 2.05) is 0 Å². The second-order valence-electron chi connectivity index (χ2n) is 3.90. The second kappa shape index (κ2) is 3.50. The number of carbonyl (C=O) groups excluding carboxylic acids is 1. The van der Waals surface area contributed by atoms with Crippen LogP contribution in [-0.4, -0.2) is 24.2 Å². The van der Waals surface area contributed by atoms with Gasteiger partial charge in [-0.3, -0.25) is 4.79 Å². The van der Waals surface area contributed by atoms with Crippen LogP contribution in [0.2, 0.25) is 0 Å². The molecule has 2 aliphatic rings. The fraction of sp³-hybridized carbons (Fsp3) is 0.700. The summed E-state index contributed by atoms with van der Waals surface area (Å²) in [6.45, 7) is 0.416. The first-order valence-corrected chi connectivity index (χ1v) is 4.88. The summed E-state index contributed by atoms with van der Waals surface area (Å²) in [5, 5.41) is 11.3. The molecule has 0 aromatic heterocycles. The van der Waals surface area contributed by atoms with Crippen LogP contribution < -0.4 is 5.32 Å². The molecule has 0 spiro atoms. The molecule has 2 aliphatic carbocycles. The molecule has 0 aliphatic heterocycles. The van der Waals surface area contributed by atoms with E-state index in [1.165, 1.54) is 0 Å². The largest absolute Gasteiger partial charge is 0.395 e. The summed E-state index contributed by atoms with van der Waals surface area (Å²) in [6.07, 6.45) is 6.54. The van der Waals surface area contributed by atoms with Crippen molar-refractivity contribution in [3.05, 3.63) is 12.2 Å². The molecule has 13 heavy (non-hydrogen) atoms. The summed E-state index contributed by atoms with van der Waals surface area (Å²) in [5.41, 5.74) is 0. The molecule has 0 aromatic rings. The summed E-state index contributed by atoms with van der Waals surface area (Å²) < 4.78 is 0. The minimum atomic E-state index is 0.0302. The monoisotopic (exact) mass is 181 g/mol. The highest BCUT2D eigenvalue weighted by molar-refractivity contribution is 5.79. The number of allylic oxidation sites excluding steroid dienone is 2. The summed E-state index contributed by atoms with van der Waals surface area (Å²) in [7, 11) is 0. The Morgan fingerprint density at radius 3 is 2.85 bits per heavy atom. The quantitative estimate of drug-likeness (QED) is 0.615. The van der Waals surface area contributed by atoms with E-state index >= 15 is 0 Å². The molecule has 3 heteroatoms. The lowest BCUT2D eigenvalue weighted by atomic mass is 9.93. The van der Waals surface area contributed by atoms with Crippen molar-refractivity contribution in [3.8, 4) is 0 Å². The van der Waals surface area contributed by atoms with Crippen LogP contribution in [0.5, 0.6) is 0 Å². The smallest absolute Gasteiger partial charge is 0.223 e. The molecular weight excluding hydrogens is 166 g/mol. The Balaban J connectivity index is 1.88. The van der Waals surface area contributed by atoms with Gasteiger partial charge >= 0.3 is 0 Å². The van der Waals surface area contributed by atoms with Gasteiger partial charge in [0.2, 0.25) is 5.91 Å². The highest BCUT2D eigenvalue weighted by Gasteiger charge is 2.39. The van der Waals surface area contributed by atoms with Crippen LogP contribution in [0.3, 0.4) is 0 Å². The molecule has 2 N–H and O–H groups in total. The van der Waals surface area contributed by atoms with Crippen LogP contribution in [0, 0.1) is 17.8 Å². The Hall–Kier alpha value is -0.830. The molecule has 1 fully saturated rings. The summed E-state index contributed by atoms with van der Waals surface area (Å²) in [6, 6.07) is 0. The van der Waals surface area contributed by atoms with Crippen LogP contribution in [0.25, 0.3) is 0 Å². The van der Waals surface area contributed by atoms with Crippen molar-refractivity contribution in [2.45, 2.75) is 12.8 Å². The lowest BCUT2D eigenvalue weighted by Crippen LogP contribution is -2.34. The lowest BCUT2D eigenvalue weighted by Gasteiger charge is -2.16. The first kappa shape index (κ1) is 8.75. The molecule has 2 bridgehead atoms. The fourth-order valence-corrected chi connectivity index (χ4v) is 2.39. The maximum atomic E-state index is 11.5. The third kappa shape index (κ3) is 1.61. The number of hydrogen-bond donors (Lipinski definition) is 2. The molecule has 0 radical (unpaired) electrons. The summed E-state index contributed by atoms with van der Waals surface area (Å²) in [5.74, 6) is 1.38. The summed E-state index contributed by atoms with van der Waals surface area (Å²) in [4.78, 5) is 11.5. The van der Waals surface area contributed by atoms with Crippen molar-refractivity contribution in [2.24, 2.45) is 17.8 Å². The van der Waals surface area contributed by atoms with Crippen molar-refractivity contribution in [2.75, 3.05) is 13.2 Å². The van der Waals surface area contributed by atoms with Crippen LogP contribution in [0.1, 0.15) is 12.8 Å². The highest BCUT2D eigenvalue weighted by Crippen LogP contribution is 2.43. The van der Waals surface area contributed by atoms with Gasteiger partial charge in [-0.25, -0.2) is 0 Å². The molecule has 0 saturated heterocycles. The molecule has 2 rings (SSSR count). The van der Waals surface area contributed by atoms with Gasteiger partial charge in [-0.1, -0.05) is 12.2 Å². The number of fused-ring (bicyclic) bond motifs is 2. The maximum Gasteiger partial charge on any atom is 0.223 e. The van der Waals surface area contributed by atoms with E-state index in [0.717, 1.165) is 12.8 Å². The van der Waals surface area contributed by atoms with Gasteiger partial charge in [0.15, 0.2) is 0 Å². The maximum absolute atomic E-state index is 11.5. The first-order valence-electron chi connectivity index (χ1n) is 4.88. The Labute approximate surface area is 77.8 Å². The van der Waals surface area contributed by atoms with E-state index in [9.17, 15) is 4.79 Å². The van der Waals surface area contributed by atoms with Crippen molar-refractivity contribution in [1.29, 1.82) is 0 Å². The molecular formula is C10H15NO2. The van der Waals surface area contributed by atoms with E-state index < -0.39 is 0 Å². The number of amides is 1. The van der Waals surface area contributed by atoms with Gasteiger partial charge in [0.05, 0.1) is 6.61 Å². The number of rotatable bonds is 3.